The van der Waals surface area contributed by atoms with Crippen molar-refractivity contribution in [2.24, 2.45) is 22.7 Å². The van der Waals surface area contributed by atoms with E-state index in [-0.39, 0.29) is 23.8 Å². The van der Waals surface area contributed by atoms with Crippen LogP contribution in [0.2, 0.25) is 0 Å². The van der Waals surface area contributed by atoms with Gasteiger partial charge >= 0.3 is 11.9 Å². The fourth-order valence-electron chi connectivity index (χ4n) is 5.83. The molecule has 0 heterocycles. The highest BCUT2D eigenvalue weighted by atomic mass is 16.5. The van der Waals surface area contributed by atoms with Crippen molar-refractivity contribution in [1.82, 2.24) is 0 Å². The van der Waals surface area contributed by atoms with E-state index in [2.05, 4.69) is 41.5 Å². The highest BCUT2D eigenvalue weighted by molar-refractivity contribution is 5.75. The standard InChI is InChI=1S/C34H64O4/c1-7-9-23-33(3,4)25-15-11-13-17-27-37-31(35)29-19-21-30(22-20-29)32(36)38-28-18-14-12-16-26-34(5,6)24-10-8-2/h29-30H,7-28H2,1-6H3. The molecule has 1 aliphatic carbocycles. The van der Waals surface area contributed by atoms with Gasteiger partial charge in [0.1, 0.15) is 0 Å². The smallest absolute Gasteiger partial charge is 0.308 e. The van der Waals surface area contributed by atoms with Gasteiger partial charge in [-0.05, 0) is 75.0 Å². The quantitative estimate of drug-likeness (QED) is 0.102. The molecule has 1 aliphatic rings. The molecule has 0 bridgehead atoms. The number of hydrogen-bond acceptors (Lipinski definition) is 4. The molecule has 4 nitrogen and oxygen atoms in total. The minimum atomic E-state index is -0.0598. The Morgan fingerprint density at radius 3 is 1.18 bits per heavy atom. The first-order valence-corrected chi connectivity index (χ1v) is 16.4. The maximum Gasteiger partial charge on any atom is 0.308 e. The van der Waals surface area contributed by atoms with Crippen molar-refractivity contribution in [3.63, 3.8) is 0 Å². The summed E-state index contributed by atoms with van der Waals surface area (Å²) in [5.74, 6) is -0.203. The van der Waals surface area contributed by atoms with Gasteiger partial charge in [0.2, 0.25) is 0 Å². The van der Waals surface area contributed by atoms with E-state index in [0.717, 1.165) is 51.4 Å². The molecule has 224 valence electrons. The molecule has 0 N–H and O–H groups in total. The molecule has 0 atom stereocenters. The van der Waals surface area contributed by atoms with Crippen molar-refractivity contribution in [3.05, 3.63) is 0 Å². The molecule has 38 heavy (non-hydrogen) atoms. The first-order chi connectivity index (χ1) is 18.1. The van der Waals surface area contributed by atoms with E-state index in [1.807, 2.05) is 0 Å². The largest absolute Gasteiger partial charge is 0.465 e. The third-order valence-corrected chi connectivity index (χ3v) is 8.79. The molecule has 0 aromatic heterocycles. The summed E-state index contributed by atoms with van der Waals surface area (Å²) in [4.78, 5) is 24.9. The van der Waals surface area contributed by atoms with Crippen molar-refractivity contribution >= 4 is 11.9 Å². The molecule has 0 aromatic rings. The van der Waals surface area contributed by atoms with Gasteiger partial charge in [-0.2, -0.15) is 0 Å². The second-order valence-corrected chi connectivity index (χ2v) is 13.7. The van der Waals surface area contributed by atoms with Gasteiger partial charge < -0.3 is 9.47 Å². The summed E-state index contributed by atoms with van der Waals surface area (Å²) in [5, 5.41) is 0. The second-order valence-electron chi connectivity index (χ2n) is 13.7. The van der Waals surface area contributed by atoms with Gasteiger partial charge in [0, 0.05) is 0 Å². The summed E-state index contributed by atoms with van der Waals surface area (Å²) in [6.45, 7) is 15.1. The lowest BCUT2D eigenvalue weighted by atomic mass is 9.82. The van der Waals surface area contributed by atoms with Gasteiger partial charge in [-0.15, -0.1) is 0 Å². The Morgan fingerprint density at radius 1 is 0.526 bits per heavy atom. The number of esters is 2. The molecule has 0 aliphatic heterocycles. The van der Waals surface area contributed by atoms with Crippen LogP contribution in [0, 0.1) is 22.7 Å². The summed E-state index contributed by atoms with van der Waals surface area (Å²) >= 11 is 0. The number of unbranched alkanes of at least 4 members (excludes halogenated alkanes) is 8. The predicted molar refractivity (Wildman–Crippen MR) is 160 cm³/mol. The van der Waals surface area contributed by atoms with Gasteiger partial charge in [0.25, 0.3) is 0 Å². The Balaban J connectivity index is 2.04. The fourth-order valence-corrected chi connectivity index (χ4v) is 5.83. The lowest BCUT2D eigenvalue weighted by molar-refractivity contribution is -0.155. The van der Waals surface area contributed by atoms with Crippen LogP contribution in [0.1, 0.15) is 170 Å². The fraction of sp³-hybridized carbons (Fsp3) is 0.941. The minimum Gasteiger partial charge on any atom is -0.465 e. The van der Waals surface area contributed by atoms with Gasteiger partial charge in [0.05, 0.1) is 25.0 Å². The van der Waals surface area contributed by atoms with E-state index in [9.17, 15) is 9.59 Å². The number of rotatable bonds is 22. The van der Waals surface area contributed by atoms with Crippen molar-refractivity contribution in [2.45, 2.75) is 170 Å². The van der Waals surface area contributed by atoms with Crippen molar-refractivity contribution in [3.8, 4) is 0 Å². The number of ether oxygens (including phenoxy) is 2. The van der Waals surface area contributed by atoms with Crippen LogP contribution in [0.4, 0.5) is 0 Å². The average molecular weight is 537 g/mol. The third-order valence-electron chi connectivity index (χ3n) is 8.79. The zero-order valence-corrected chi connectivity index (χ0v) is 26.3. The van der Waals surface area contributed by atoms with E-state index in [0.29, 0.717) is 24.0 Å². The van der Waals surface area contributed by atoms with Crippen LogP contribution in [0.3, 0.4) is 0 Å². The number of carbonyl (C=O) groups excluding carboxylic acids is 2. The summed E-state index contributed by atoms with van der Waals surface area (Å²) < 4.78 is 11.1. The minimum absolute atomic E-state index is 0.0417. The topological polar surface area (TPSA) is 52.6 Å². The zero-order chi connectivity index (χ0) is 28.3. The Morgan fingerprint density at radius 2 is 0.842 bits per heavy atom. The molecule has 0 amide bonds. The Bertz CT molecular complexity index is 562. The third kappa shape index (κ3) is 16.8. The molecule has 0 spiro atoms. The van der Waals surface area contributed by atoms with E-state index in [4.69, 9.17) is 9.47 Å². The van der Waals surface area contributed by atoms with Gasteiger partial charge in [0.15, 0.2) is 0 Å². The predicted octanol–water partition coefficient (Wildman–Crippen LogP) is 10.2. The molecule has 1 saturated carbocycles. The Kier molecular flexibility index (Phi) is 18.3. The van der Waals surface area contributed by atoms with Gasteiger partial charge in [-0.25, -0.2) is 0 Å². The lowest BCUT2D eigenvalue weighted by Gasteiger charge is -2.26. The van der Waals surface area contributed by atoms with Crippen LogP contribution in [-0.4, -0.2) is 25.2 Å². The molecule has 1 rings (SSSR count). The summed E-state index contributed by atoms with van der Waals surface area (Å²) in [6.07, 6.45) is 22.6. The van der Waals surface area contributed by atoms with Crippen LogP contribution >= 0.6 is 0 Å². The second kappa shape index (κ2) is 19.9. The summed E-state index contributed by atoms with van der Waals surface area (Å²) in [5.41, 5.74) is 0.914. The van der Waals surface area contributed by atoms with E-state index >= 15 is 0 Å². The Labute approximate surface area is 236 Å². The maximum atomic E-state index is 12.5. The van der Waals surface area contributed by atoms with Crippen LogP contribution in [0.15, 0.2) is 0 Å². The first kappa shape index (κ1) is 35.0. The molecular formula is C34H64O4. The van der Waals surface area contributed by atoms with Gasteiger partial charge in [-0.1, -0.05) is 106 Å². The molecule has 0 saturated heterocycles. The van der Waals surface area contributed by atoms with Crippen molar-refractivity contribution < 1.29 is 19.1 Å². The molecule has 0 aromatic carbocycles. The van der Waals surface area contributed by atoms with Gasteiger partial charge in [-0.3, -0.25) is 9.59 Å². The van der Waals surface area contributed by atoms with Crippen LogP contribution < -0.4 is 0 Å². The summed E-state index contributed by atoms with van der Waals surface area (Å²) in [7, 11) is 0. The van der Waals surface area contributed by atoms with E-state index in [1.54, 1.807) is 0 Å². The highest BCUT2D eigenvalue weighted by Crippen LogP contribution is 2.32. The Hall–Kier alpha value is -1.06. The molecule has 0 radical (unpaired) electrons. The van der Waals surface area contributed by atoms with E-state index < -0.39 is 0 Å². The SMILES string of the molecule is CCCCC(C)(C)CCCCCCOC(=O)C1CCC(C(=O)OCCCCCCC(C)(C)CCCC)CC1. The van der Waals surface area contributed by atoms with E-state index in [1.165, 1.54) is 77.0 Å². The number of carbonyl (C=O) groups is 2. The van der Waals surface area contributed by atoms with Crippen molar-refractivity contribution in [2.75, 3.05) is 13.2 Å². The average Bonchev–Trinajstić information content (AvgIpc) is 2.89. The van der Waals surface area contributed by atoms with Crippen LogP contribution in [0.5, 0.6) is 0 Å². The van der Waals surface area contributed by atoms with Crippen molar-refractivity contribution in [1.29, 1.82) is 0 Å². The van der Waals surface area contributed by atoms with Crippen LogP contribution in [-0.2, 0) is 19.1 Å². The molecular weight excluding hydrogens is 472 g/mol. The maximum absolute atomic E-state index is 12.5. The first-order valence-electron chi connectivity index (χ1n) is 16.4. The zero-order valence-electron chi connectivity index (χ0n) is 26.3. The summed E-state index contributed by atoms with van der Waals surface area (Å²) in [6, 6.07) is 0. The lowest BCUT2D eigenvalue weighted by Crippen LogP contribution is -2.28. The molecule has 0 unspecified atom stereocenters. The molecule has 1 fully saturated rings. The monoisotopic (exact) mass is 536 g/mol. The number of hydrogen-bond donors (Lipinski definition) is 0. The van der Waals surface area contributed by atoms with Crippen LogP contribution in [0.25, 0.3) is 0 Å². The normalized spacial score (nSPS) is 18.4. The molecule has 4 heteroatoms. The highest BCUT2D eigenvalue weighted by Gasteiger charge is 2.31.